The molecule has 0 rings (SSSR count). The second kappa shape index (κ2) is 4.73. The van der Waals surface area contributed by atoms with E-state index in [4.69, 9.17) is 0 Å². The van der Waals surface area contributed by atoms with Gasteiger partial charge in [0.05, 0.1) is 0 Å². The Bertz CT molecular complexity index is 97.7. The molecule has 0 fully saturated rings. The highest BCUT2D eigenvalue weighted by molar-refractivity contribution is 4.74. The van der Waals surface area contributed by atoms with Crippen LogP contribution in [0.4, 0.5) is 0 Å². The van der Waals surface area contributed by atoms with Gasteiger partial charge in [-0.2, -0.15) is 0 Å². The maximum Gasteiger partial charge on any atom is 0.00170 e. The first kappa shape index (κ1) is 10.9. The van der Waals surface area contributed by atoms with Crippen molar-refractivity contribution in [2.24, 2.45) is 5.41 Å². The first-order chi connectivity index (χ1) is 4.98. The minimum absolute atomic E-state index is 0.360. The Morgan fingerprint density at radius 3 is 2.09 bits per heavy atom. The van der Waals surface area contributed by atoms with Crippen LogP contribution in [0.2, 0.25) is 0 Å². The fourth-order valence-corrected chi connectivity index (χ4v) is 1.02. The van der Waals surface area contributed by atoms with Crippen molar-refractivity contribution in [1.82, 2.24) is 10.6 Å². The maximum absolute atomic E-state index is 3.43. The number of hydrogen-bond donors (Lipinski definition) is 2. The van der Waals surface area contributed by atoms with Crippen LogP contribution in [0, 0.1) is 5.41 Å². The van der Waals surface area contributed by atoms with Gasteiger partial charge in [0, 0.05) is 19.1 Å². The van der Waals surface area contributed by atoms with E-state index in [1.54, 1.807) is 0 Å². The third-order valence-electron chi connectivity index (χ3n) is 1.64. The Balaban J connectivity index is 3.54. The molecule has 0 aliphatic heterocycles. The molecular formula is C9H22N2. The lowest BCUT2D eigenvalue weighted by Gasteiger charge is -2.25. The summed E-state index contributed by atoms with van der Waals surface area (Å²) in [7, 11) is 2.00. The fourth-order valence-electron chi connectivity index (χ4n) is 1.02. The van der Waals surface area contributed by atoms with E-state index in [1.807, 2.05) is 7.05 Å². The Kier molecular flexibility index (Phi) is 4.69. The molecule has 0 unspecified atom stereocenters. The minimum Gasteiger partial charge on any atom is -0.319 e. The molecule has 2 heteroatoms. The zero-order valence-electron chi connectivity index (χ0n) is 8.49. The van der Waals surface area contributed by atoms with E-state index in [-0.39, 0.29) is 0 Å². The molecule has 11 heavy (non-hydrogen) atoms. The molecule has 68 valence electrons. The van der Waals surface area contributed by atoms with Crippen LogP contribution in [0.25, 0.3) is 0 Å². The Morgan fingerprint density at radius 2 is 1.73 bits per heavy atom. The van der Waals surface area contributed by atoms with E-state index < -0.39 is 0 Å². The molecule has 0 heterocycles. The Morgan fingerprint density at radius 1 is 1.18 bits per heavy atom. The summed E-state index contributed by atoms with van der Waals surface area (Å²) in [5.41, 5.74) is 0.360. The topological polar surface area (TPSA) is 24.1 Å². The Hall–Kier alpha value is -0.0800. The summed E-state index contributed by atoms with van der Waals surface area (Å²) in [6.07, 6.45) is 0. The maximum atomic E-state index is 3.43. The number of rotatable bonds is 5. The van der Waals surface area contributed by atoms with Gasteiger partial charge in [-0.15, -0.1) is 0 Å². The predicted molar refractivity (Wildman–Crippen MR) is 50.8 cm³/mol. The summed E-state index contributed by atoms with van der Waals surface area (Å²) in [5, 5.41) is 6.62. The van der Waals surface area contributed by atoms with E-state index in [0.717, 1.165) is 13.1 Å². The largest absolute Gasteiger partial charge is 0.319 e. The van der Waals surface area contributed by atoms with Gasteiger partial charge >= 0.3 is 0 Å². The van der Waals surface area contributed by atoms with Crippen molar-refractivity contribution in [3.8, 4) is 0 Å². The predicted octanol–water partition coefficient (Wildman–Crippen LogP) is 1.23. The van der Waals surface area contributed by atoms with Crippen molar-refractivity contribution in [2.75, 3.05) is 20.1 Å². The van der Waals surface area contributed by atoms with Crippen molar-refractivity contribution in [3.63, 3.8) is 0 Å². The lowest BCUT2D eigenvalue weighted by Crippen LogP contribution is -2.39. The third kappa shape index (κ3) is 6.32. The lowest BCUT2D eigenvalue weighted by atomic mass is 9.93. The van der Waals surface area contributed by atoms with Gasteiger partial charge in [-0.25, -0.2) is 0 Å². The highest BCUT2D eigenvalue weighted by Gasteiger charge is 2.15. The van der Waals surface area contributed by atoms with Gasteiger partial charge in [-0.05, 0) is 12.5 Å². The smallest absolute Gasteiger partial charge is 0.00170 e. The van der Waals surface area contributed by atoms with E-state index in [9.17, 15) is 0 Å². The molecule has 0 saturated carbocycles. The van der Waals surface area contributed by atoms with Crippen LogP contribution in [-0.2, 0) is 0 Å². The quantitative estimate of drug-likeness (QED) is 0.629. The van der Waals surface area contributed by atoms with Gasteiger partial charge in [0.2, 0.25) is 0 Å². The Labute approximate surface area is 70.8 Å². The second-order valence-electron chi connectivity index (χ2n) is 4.23. The van der Waals surface area contributed by atoms with Crippen molar-refractivity contribution in [2.45, 2.75) is 33.7 Å². The standard InChI is InChI=1S/C9H22N2/c1-8(2)11-7-9(3,4)6-10-5/h8,10-11H,6-7H2,1-5H3. The number of hydrogen-bond acceptors (Lipinski definition) is 2. The molecule has 0 aromatic carbocycles. The average molecular weight is 158 g/mol. The second-order valence-corrected chi connectivity index (χ2v) is 4.23. The zero-order valence-corrected chi connectivity index (χ0v) is 8.49. The highest BCUT2D eigenvalue weighted by Crippen LogP contribution is 2.11. The van der Waals surface area contributed by atoms with Crippen molar-refractivity contribution in [3.05, 3.63) is 0 Å². The van der Waals surface area contributed by atoms with Crippen LogP contribution in [0.3, 0.4) is 0 Å². The molecule has 2 N–H and O–H groups in total. The molecule has 0 spiro atoms. The summed E-state index contributed by atoms with van der Waals surface area (Å²) < 4.78 is 0. The molecule has 2 nitrogen and oxygen atoms in total. The van der Waals surface area contributed by atoms with Crippen LogP contribution < -0.4 is 10.6 Å². The molecule has 0 atom stereocenters. The monoisotopic (exact) mass is 158 g/mol. The van der Waals surface area contributed by atoms with Crippen LogP contribution in [0.1, 0.15) is 27.7 Å². The van der Waals surface area contributed by atoms with E-state index >= 15 is 0 Å². The van der Waals surface area contributed by atoms with Crippen molar-refractivity contribution < 1.29 is 0 Å². The van der Waals surface area contributed by atoms with Crippen LogP contribution in [0.15, 0.2) is 0 Å². The van der Waals surface area contributed by atoms with Gasteiger partial charge in [-0.3, -0.25) is 0 Å². The zero-order chi connectivity index (χ0) is 8.91. The first-order valence-corrected chi connectivity index (χ1v) is 4.36. The fraction of sp³-hybridized carbons (Fsp3) is 1.00. The summed E-state index contributed by atoms with van der Waals surface area (Å²) in [4.78, 5) is 0. The summed E-state index contributed by atoms with van der Waals surface area (Å²) in [6, 6.07) is 0.589. The molecule has 0 saturated heterocycles. The molecule has 0 aromatic rings. The minimum atomic E-state index is 0.360. The summed E-state index contributed by atoms with van der Waals surface area (Å²) in [6.45, 7) is 11.0. The van der Waals surface area contributed by atoms with E-state index in [2.05, 4.69) is 38.3 Å². The molecule has 0 amide bonds. The molecule has 0 aliphatic rings. The van der Waals surface area contributed by atoms with Crippen molar-refractivity contribution in [1.29, 1.82) is 0 Å². The summed E-state index contributed by atoms with van der Waals surface area (Å²) >= 11 is 0. The van der Waals surface area contributed by atoms with Crippen LogP contribution in [0.5, 0.6) is 0 Å². The van der Waals surface area contributed by atoms with E-state index in [1.165, 1.54) is 0 Å². The summed E-state index contributed by atoms with van der Waals surface area (Å²) in [5.74, 6) is 0. The SMILES string of the molecule is CNCC(C)(C)CNC(C)C. The lowest BCUT2D eigenvalue weighted by molar-refractivity contribution is 0.319. The number of nitrogens with one attached hydrogen (secondary N) is 2. The molecule has 0 bridgehead atoms. The van der Waals surface area contributed by atoms with Gasteiger partial charge in [0.25, 0.3) is 0 Å². The first-order valence-electron chi connectivity index (χ1n) is 4.36. The molecule has 0 aliphatic carbocycles. The van der Waals surface area contributed by atoms with Crippen LogP contribution in [-0.4, -0.2) is 26.2 Å². The van der Waals surface area contributed by atoms with Crippen molar-refractivity contribution >= 4 is 0 Å². The van der Waals surface area contributed by atoms with Gasteiger partial charge in [0.1, 0.15) is 0 Å². The molecule has 0 radical (unpaired) electrons. The van der Waals surface area contributed by atoms with Crippen LogP contribution >= 0.6 is 0 Å². The highest BCUT2D eigenvalue weighted by atomic mass is 14.9. The van der Waals surface area contributed by atoms with Gasteiger partial charge < -0.3 is 10.6 Å². The van der Waals surface area contributed by atoms with Gasteiger partial charge in [-0.1, -0.05) is 27.7 Å². The third-order valence-corrected chi connectivity index (χ3v) is 1.64. The molecular weight excluding hydrogens is 136 g/mol. The van der Waals surface area contributed by atoms with E-state index in [0.29, 0.717) is 11.5 Å². The average Bonchev–Trinajstić information content (AvgIpc) is 1.84. The normalized spacial score (nSPS) is 12.5. The van der Waals surface area contributed by atoms with Gasteiger partial charge in [0.15, 0.2) is 0 Å². The molecule has 0 aromatic heterocycles.